The van der Waals surface area contributed by atoms with Crippen LogP contribution in [0, 0.1) is 0 Å². The molecule has 0 radical (unpaired) electrons. The smallest absolute Gasteiger partial charge is 0.221 e. The molecule has 0 atom stereocenters. The van der Waals surface area contributed by atoms with Crippen LogP contribution in [-0.4, -0.2) is 5.91 Å². The van der Waals surface area contributed by atoms with Gasteiger partial charge in [-0.3, -0.25) is 4.79 Å². The summed E-state index contributed by atoms with van der Waals surface area (Å²) in [7, 11) is 0. The van der Waals surface area contributed by atoms with Gasteiger partial charge < -0.3 is 5.32 Å². The molecule has 1 N–H and O–H groups in total. The third-order valence-corrected chi connectivity index (χ3v) is 4.31. The van der Waals surface area contributed by atoms with E-state index in [1.807, 2.05) is 0 Å². The van der Waals surface area contributed by atoms with Crippen molar-refractivity contribution >= 4 is 71.0 Å². The van der Waals surface area contributed by atoms with Crippen molar-refractivity contribution in [2.45, 2.75) is 6.92 Å². The monoisotopic (exact) mass is 403 g/mol. The number of halogens is 4. The molecule has 2 nitrogen and oxygen atoms in total. The van der Waals surface area contributed by atoms with E-state index in [9.17, 15) is 4.79 Å². The maximum Gasteiger partial charge on any atom is 0.221 e. The first-order valence-electron chi connectivity index (χ1n) is 3.54. The Balaban J connectivity index is 3.29. The van der Waals surface area contributed by atoms with Crippen LogP contribution in [0.25, 0.3) is 0 Å². The molecule has 0 aromatic heterocycles. The van der Waals surface area contributed by atoms with Crippen LogP contribution in [0.4, 0.5) is 5.69 Å². The van der Waals surface area contributed by atoms with Crippen LogP contribution in [0.1, 0.15) is 6.92 Å². The molecule has 76 valence electrons. The third-order valence-electron chi connectivity index (χ3n) is 1.42. The molecule has 0 unspecified atom stereocenters. The summed E-state index contributed by atoms with van der Waals surface area (Å²) in [6.07, 6.45) is 0. The van der Waals surface area contributed by atoms with Crippen molar-refractivity contribution in [2.24, 2.45) is 0 Å². The Hall–Kier alpha value is 0.420. The summed E-state index contributed by atoms with van der Waals surface area (Å²) >= 11 is 15.9. The molecular weight excluding hydrogens is 401 g/mol. The normalized spacial score (nSPS) is 10.1. The Morgan fingerprint density at radius 2 is 1.93 bits per heavy atom. The highest BCUT2D eigenvalue weighted by atomic mass is 79.9. The molecule has 0 saturated heterocycles. The Morgan fingerprint density at radius 3 is 2.43 bits per heavy atom. The van der Waals surface area contributed by atoms with Crippen molar-refractivity contribution in [2.75, 3.05) is 5.32 Å². The minimum absolute atomic E-state index is 0.148. The standard InChI is InChI=1S/C8H5Br3ClNO/c1-3(14)13-8-5(10)2-4(9)7(12)6(8)11/h2H,1H3,(H,13,14). The second kappa shape index (κ2) is 4.96. The third kappa shape index (κ3) is 2.72. The van der Waals surface area contributed by atoms with Crippen LogP contribution < -0.4 is 5.32 Å². The van der Waals surface area contributed by atoms with Crippen LogP contribution in [0.3, 0.4) is 0 Å². The van der Waals surface area contributed by atoms with Gasteiger partial charge in [-0.05, 0) is 53.9 Å². The van der Waals surface area contributed by atoms with E-state index >= 15 is 0 Å². The lowest BCUT2D eigenvalue weighted by atomic mass is 10.3. The lowest BCUT2D eigenvalue weighted by Crippen LogP contribution is -2.07. The molecule has 0 heterocycles. The van der Waals surface area contributed by atoms with Gasteiger partial charge in [0, 0.05) is 15.9 Å². The maximum atomic E-state index is 10.9. The second-order valence-electron chi connectivity index (χ2n) is 2.52. The molecule has 1 aromatic rings. The lowest BCUT2D eigenvalue weighted by Gasteiger charge is -2.10. The summed E-state index contributed by atoms with van der Waals surface area (Å²) in [6.45, 7) is 1.44. The molecule has 0 bridgehead atoms. The first-order valence-corrected chi connectivity index (χ1v) is 6.29. The van der Waals surface area contributed by atoms with E-state index in [0.29, 0.717) is 15.2 Å². The molecule has 1 rings (SSSR count). The van der Waals surface area contributed by atoms with Crippen molar-refractivity contribution in [3.05, 3.63) is 24.5 Å². The van der Waals surface area contributed by atoms with Crippen LogP contribution in [0.15, 0.2) is 19.5 Å². The summed E-state index contributed by atoms with van der Waals surface area (Å²) in [5, 5.41) is 3.20. The van der Waals surface area contributed by atoms with E-state index < -0.39 is 0 Å². The zero-order valence-electron chi connectivity index (χ0n) is 7.00. The number of carbonyl (C=O) groups is 1. The summed E-state index contributed by atoms with van der Waals surface area (Å²) < 4.78 is 2.17. The largest absolute Gasteiger partial charge is 0.324 e. The van der Waals surface area contributed by atoms with E-state index in [-0.39, 0.29) is 5.91 Å². The van der Waals surface area contributed by atoms with E-state index in [0.717, 1.165) is 8.95 Å². The Kier molecular flexibility index (Phi) is 4.43. The van der Waals surface area contributed by atoms with Gasteiger partial charge in [-0.25, -0.2) is 0 Å². The predicted molar refractivity (Wildman–Crippen MR) is 68.9 cm³/mol. The van der Waals surface area contributed by atoms with Gasteiger partial charge in [-0.2, -0.15) is 0 Å². The molecule has 0 saturated carbocycles. The summed E-state index contributed by atoms with van der Waals surface area (Å²) in [5.74, 6) is -0.148. The average molecular weight is 406 g/mol. The van der Waals surface area contributed by atoms with Gasteiger partial charge in [0.2, 0.25) is 5.91 Å². The van der Waals surface area contributed by atoms with Crippen molar-refractivity contribution < 1.29 is 4.79 Å². The fourth-order valence-electron chi connectivity index (χ4n) is 0.857. The van der Waals surface area contributed by atoms with Gasteiger partial charge in [0.1, 0.15) is 0 Å². The second-order valence-corrected chi connectivity index (χ2v) is 5.40. The molecule has 0 fully saturated rings. The quantitative estimate of drug-likeness (QED) is 0.537. The first-order chi connectivity index (χ1) is 6.43. The minimum atomic E-state index is -0.148. The molecule has 0 aliphatic carbocycles. The Bertz CT molecular complexity index is 395. The van der Waals surface area contributed by atoms with Crippen LogP contribution in [-0.2, 0) is 4.79 Å². The highest BCUT2D eigenvalue weighted by Crippen LogP contribution is 2.41. The average Bonchev–Trinajstić information content (AvgIpc) is 2.09. The van der Waals surface area contributed by atoms with E-state index in [2.05, 4.69) is 53.1 Å². The van der Waals surface area contributed by atoms with Crippen molar-refractivity contribution in [3.8, 4) is 0 Å². The molecular formula is C8H5Br3ClNO. The number of hydrogen-bond acceptors (Lipinski definition) is 1. The minimum Gasteiger partial charge on any atom is -0.324 e. The number of nitrogens with one attached hydrogen (secondary N) is 1. The molecule has 0 spiro atoms. The fraction of sp³-hybridized carbons (Fsp3) is 0.125. The molecule has 0 aliphatic rings. The predicted octanol–water partition coefficient (Wildman–Crippen LogP) is 4.59. The van der Waals surface area contributed by atoms with Crippen molar-refractivity contribution in [1.82, 2.24) is 0 Å². The van der Waals surface area contributed by atoms with Crippen LogP contribution >= 0.6 is 59.4 Å². The zero-order valence-corrected chi connectivity index (χ0v) is 12.5. The van der Waals surface area contributed by atoms with Gasteiger partial charge in [-0.15, -0.1) is 0 Å². The van der Waals surface area contributed by atoms with Gasteiger partial charge in [0.05, 0.1) is 15.2 Å². The number of carbonyl (C=O) groups excluding carboxylic acids is 1. The molecule has 6 heteroatoms. The van der Waals surface area contributed by atoms with Crippen LogP contribution in [0.5, 0.6) is 0 Å². The number of hydrogen-bond donors (Lipinski definition) is 1. The lowest BCUT2D eigenvalue weighted by molar-refractivity contribution is -0.114. The number of anilines is 1. The first kappa shape index (κ1) is 12.5. The Morgan fingerprint density at radius 1 is 1.36 bits per heavy atom. The molecule has 0 aliphatic heterocycles. The molecule has 1 amide bonds. The van der Waals surface area contributed by atoms with Crippen molar-refractivity contribution in [3.63, 3.8) is 0 Å². The highest BCUT2D eigenvalue weighted by molar-refractivity contribution is 9.11. The van der Waals surface area contributed by atoms with Gasteiger partial charge in [0.15, 0.2) is 0 Å². The summed E-state index contributed by atoms with van der Waals surface area (Å²) in [4.78, 5) is 10.9. The van der Waals surface area contributed by atoms with Crippen LogP contribution in [0.2, 0.25) is 5.02 Å². The maximum absolute atomic E-state index is 10.9. The van der Waals surface area contributed by atoms with Crippen molar-refractivity contribution in [1.29, 1.82) is 0 Å². The topological polar surface area (TPSA) is 29.1 Å². The SMILES string of the molecule is CC(=O)Nc1c(Br)cc(Br)c(Cl)c1Br. The summed E-state index contributed by atoms with van der Waals surface area (Å²) in [6, 6.07) is 1.78. The number of amides is 1. The Labute approximate surface area is 112 Å². The molecule has 1 aromatic carbocycles. The van der Waals surface area contributed by atoms with E-state index in [4.69, 9.17) is 11.6 Å². The summed E-state index contributed by atoms with van der Waals surface area (Å²) in [5.41, 5.74) is 0.630. The molecule has 14 heavy (non-hydrogen) atoms. The number of benzene rings is 1. The van der Waals surface area contributed by atoms with Gasteiger partial charge in [0.25, 0.3) is 0 Å². The van der Waals surface area contributed by atoms with E-state index in [1.54, 1.807) is 6.07 Å². The fourth-order valence-corrected chi connectivity index (χ4v) is 3.32. The zero-order chi connectivity index (χ0) is 10.9. The number of rotatable bonds is 1. The van der Waals surface area contributed by atoms with Gasteiger partial charge in [-0.1, -0.05) is 11.6 Å². The van der Waals surface area contributed by atoms with Gasteiger partial charge >= 0.3 is 0 Å². The highest BCUT2D eigenvalue weighted by Gasteiger charge is 2.13. The van der Waals surface area contributed by atoms with E-state index in [1.165, 1.54) is 6.92 Å².